The maximum Gasteiger partial charge on any atom is 0.420 e. The largest absolute Gasteiger partial charge is 0.488 e. The molecule has 96 valence electrons. The van der Waals surface area contributed by atoms with Gasteiger partial charge in [-0.15, -0.1) is 0 Å². The fourth-order valence-corrected chi connectivity index (χ4v) is 1.45. The van der Waals surface area contributed by atoms with Crippen LogP contribution in [0.1, 0.15) is 31.9 Å². The van der Waals surface area contributed by atoms with E-state index in [-0.39, 0.29) is 11.3 Å². The summed E-state index contributed by atoms with van der Waals surface area (Å²) in [6.45, 7) is 4.33. The van der Waals surface area contributed by atoms with Crippen LogP contribution in [0.15, 0.2) is 18.2 Å². The van der Waals surface area contributed by atoms with Crippen molar-refractivity contribution in [1.29, 1.82) is 0 Å². The second-order valence-electron chi connectivity index (χ2n) is 4.66. The van der Waals surface area contributed by atoms with Crippen LogP contribution >= 0.6 is 0 Å². The summed E-state index contributed by atoms with van der Waals surface area (Å²) in [5.41, 5.74) is -1.81. The first-order valence-corrected chi connectivity index (χ1v) is 5.14. The number of rotatable bonds is 2. The van der Waals surface area contributed by atoms with Crippen molar-refractivity contribution in [3.8, 4) is 5.75 Å². The van der Waals surface area contributed by atoms with Gasteiger partial charge >= 0.3 is 6.18 Å². The Hall–Kier alpha value is -1.23. The Morgan fingerprint density at radius 1 is 1.18 bits per heavy atom. The molecule has 1 N–H and O–H groups in total. The number of hydrogen-bond acceptors (Lipinski definition) is 2. The zero-order valence-corrected chi connectivity index (χ0v) is 9.93. The summed E-state index contributed by atoms with van der Waals surface area (Å²) in [7, 11) is 0. The van der Waals surface area contributed by atoms with Crippen LogP contribution in [0.25, 0.3) is 0 Å². The average molecular weight is 248 g/mol. The van der Waals surface area contributed by atoms with Crippen molar-refractivity contribution in [1.82, 2.24) is 0 Å². The summed E-state index contributed by atoms with van der Waals surface area (Å²) in [5, 5.41) is 8.95. The highest BCUT2D eigenvalue weighted by Crippen LogP contribution is 2.39. The quantitative estimate of drug-likeness (QED) is 0.869. The number of ether oxygens (including phenoxy) is 1. The molecule has 1 rings (SSSR count). The van der Waals surface area contributed by atoms with E-state index < -0.39 is 23.9 Å². The average Bonchev–Trinajstić information content (AvgIpc) is 2.12. The van der Waals surface area contributed by atoms with Crippen LogP contribution in [0.4, 0.5) is 13.2 Å². The molecule has 0 aliphatic carbocycles. The summed E-state index contributed by atoms with van der Waals surface area (Å²) in [6, 6.07) is 3.92. The van der Waals surface area contributed by atoms with Crippen molar-refractivity contribution in [2.75, 3.05) is 0 Å². The lowest BCUT2D eigenvalue weighted by molar-refractivity contribution is -0.140. The van der Waals surface area contributed by atoms with Crippen LogP contribution in [0, 0.1) is 0 Å². The van der Waals surface area contributed by atoms with E-state index in [1.807, 2.05) is 0 Å². The first-order chi connectivity index (χ1) is 7.65. The minimum absolute atomic E-state index is 0.181. The molecule has 0 radical (unpaired) electrons. The van der Waals surface area contributed by atoms with Crippen LogP contribution in [0.3, 0.4) is 0 Å². The number of halogens is 3. The minimum atomic E-state index is -4.54. The molecule has 0 fully saturated rings. The summed E-state index contributed by atoms with van der Waals surface area (Å²) in [6.07, 6.45) is -4.54. The molecular weight excluding hydrogens is 233 g/mol. The molecule has 2 nitrogen and oxygen atoms in total. The molecule has 0 spiro atoms. The molecule has 0 amide bonds. The lowest BCUT2D eigenvalue weighted by Gasteiger charge is -2.25. The lowest BCUT2D eigenvalue weighted by Crippen LogP contribution is -2.25. The topological polar surface area (TPSA) is 29.5 Å². The number of benzene rings is 1. The van der Waals surface area contributed by atoms with Crippen molar-refractivity contribution < 1.29 is 23.0 Å². The van der Waals surface area contributed by atoms with Gasteiger partial charge in [-0.3, -0.25) is 0 Å². The van der Waals surface area contributed by atoms with Gasteiger partial charge in [0.15, 0.2) is 0 Å². The Kier molecular flexibility index (Phi) is 3.71. The second kappa shape index (κ2) is 4.56. The fourth-order valence-electron chi connectivity index (χ4n) is 1.45. The summed E-state index contributed by atoms with van der Waals surface area (Å²) < 4.78 is 43.9. The summed E-state index contributed by atoms with van der Waals surface area (Å²) in [4.78, 5) is 0. The van der Waals surface area contributed by atoms with E-state index in [2.05, 4.69) is 0 Å². The Bertz CT molecular complexity index is 392. The van der Waals surface area contributed by atoms with Crippen LogP contribution in [0.5, 0.6) is 5.75 Å². The maximum atomic E-state index is 12.9. The highest BCUT2D eigenvalue weighted by molar-refractivity contribution is 5.42. The van der Waals surface area contributed by atoms with Gasteiger partial charge in [0.25, 0.3) is 0 Å². The van der Waals surface area contributed by atoms with Gasteiger partial charge in [-0.05, 0) is 32.4 Å². The van der Waals surface area contributed by atoms with Gasteiger partial charge in [0.2, 0.25) is 0 Å². The maximum absolute atomic E-state index is 12.9. The van der Waals surface area contributed by atoms with E-state index in [0.29, 0.717) is 0 Å². The molecule has 0 saturated carbocycles. The van der Waals surface area contributed by atoms with Crippen LogP contribution in [0.2, 0.25) is 0 Å². The molecule has 0 heterocycles. The van der Waals surface area contributed by atoms with E-state index in [0.717, 1.165) is 0 Å². The smallest absolute Gasteiger partial charge is 0.420 e. The predicted molar refractivity (Wildman–Crippen MR) is 57.7 cm³/mol. The molecule has 5 heteroatoms. The van der Waals surface area contributed by atoms with E-state index in [4.69, 9.17) is 9.84 Å². The normalized spacial score (nSPS) is 12.6. The van der Waals surface area contributed by atoms with Crippen molar-refractivity contribution in [2.24, 2.45) is 0 Å². The third-order valence-electron chi connectivity index (χ3n) is 1.98. The molecule has 0 bridgehead atoms. The van der Waals surface area contributed by atoms with Gasteiger partial charge in [0.05, 0.1) is 6.61 Å². The zero-order valence-electron chi connectivity index (χ0n) is 9.93. The summed E-state index contributed by atoms with van der Waals surface area (Å²) >= 11 is 0. The third kappa shape index (κ3) is 3.63. The molecule has 17 heavy (non-hydrogen) atoms. The number of aliphatic hydroxyl groups excluding tert-OH is 1. The lowest BCUT2D eigenvalue weighted by atomic mass is 10.1. The number of aliphatic hydroxyl groups is 1. The van der Waals surface area contributed by atoms with Crippen LogP contribution in [-0.4, -0.2) is 10.7 Å². The molecule has 0 aromatic heterocycles. The Morgan fingerprint density at radius 3 is 2.18 bits per heavy atom. The van der Waals surface area contributed by atoms with Crippen molar-refractivity contribution in [2.45, 2.75) is 39.2 Å². The van der Waals surface area contributed by atoms with Gasteiger partial charge in [0.1, 0.15) is 16.9 Å². The van der Waals surface area contributed by atoms with Gasteiger partial charge in [-0.2, -0.15) is 13.2 Å². The van der Waals surface area contributed by atoms with Crippen LogP contribution < -0.4 is 4.74 Å². The van der Waals surface area contributed by atoms with Crippen molar-refractivity contribution in [3.63, 3.8) is 0 Å². The molecule has 1 aromatic carbocycles. The van der Waals surface area contributed by atoms with E-state index in [9.17, 15) is 13.2 Å². The molecule has 0 atom stereocenters. The summed E-state index contributed by atoms with van der Waals surface area (Å²) in [5.74, 6) is -0.253. The minimum Gasteiger partial charge on any atom is -0.488 e. The highest BCUT2D eigenvalue weighted by Gasteiger charge is 2.37. The zero-order chi connectivity index (χ0) is 13.3. The molecule has 0 unspecified atom stereocenters. The number of hydrogen-bond donors (Lipinski definition) is 1. The van der Waals surface area contributed by atoms with Gasteiger partial charge < -0.3 is 9.84 Å². The van der Waals surface area contributed by atoms with E-state index in [1.165, 1.54) is 18.2 Å². The van der Waals surface area contributed by atoms with Gasteiger partial charge in [0, 0.05) is 0 Å². The van der Waals surface area contributed by atoms with Crippen molar-refractivity contribution in [3.05, 3.63) is 29.3 Å². The SMILES string of the molecule is CC(C)(C)Oc1cccc(CO)c1C(F)(F)F. The molecular formula is C12H15F3O2. The Morgan fingerprint density at radius 2 is 1.76 bits per heavy atom. The van der Waals surface area contributed by atoms with Gasteiger partial charge in [-0.25, -0.2) is 0 Å². The highest BCUT2D eigenvalue weighted by atomic mass is 19.4. The molecule has 0 aliphatic rings. The van der Waals surface area contributed by atoms with Crippen molar-refractivity contribution >= 4 is 0 Å². The first kappa shape index (κ1) is 13.8. The fraction of sp³-hybridized carbons (Fsp3) is 0.500. The Labute approximate surface area is 98.0 Å². The third-order valence-corrected chi connectivity index (χ3v) is 1.98. The predicted octanol–water partition coefficient (Wildman–Crippen LogP) is 3.38. The molecule has 0 aliphatic heterocycles. The first-order valence-electron chi connectivity index (χ1n) is 5.14. The standard InChI is InChI=1S/C12H15F3O2/c1-11(2,3)17-9-6-4-5-8(7-16)10(9)12(13,14)15/h4-6,16H,7H2,1-3H3. The van der Waals surface area contributed by atoms with E-state index in [1.54, 1.807) is 20.8 Å². The van der Waals surface area contributed by atoms with Crippen LogP contribution in [-0.2, 0) is 12.8 Å². The molecule has 1 aromatic rings. The van der Waals surface area contributed by atoms with Gasteiger partial charge in [-0.1, -0.05) is 12.1 Å². The second-order valence-corrected chi connectivity index (χ2v) is 4.66. The monoisotopic (exact) mass is 248 g/mol. The Balaban J connectivity index is 3.30. The van der Waals surface area contributed by atoms with E-state index >= 15 is 0 Å². The molecule has 0 saturated heterocycles. The number of alkyl halides is 3.